The summed E-state index contributed by atoms with van der Waals surface area (Å²) in [6.45, 7) is 0.300. The van der Waals surface area contributed by atoms with Crippen molar-refractivity contribution in [3.63, 3.8) is 0 Å². The zero-order valence-corrected chi connectivity index (χ0v) is 16.6. The van der Waals surface area contributed by atoms with Crippen LogP contribution in [-0.4, -0.2) is 44.0 Å². The maximum atomic E-state index is 13.1. The number of halogens is 4. The van der Waals surface area contributed by atoms with E-state index in [0.717, 1.165) is 10.9 Å². The van der Waals surface area contributed by atoms with Crippen molar-refractivity contribution in [2.75, 3.05) is 18.0 Å². The van der Waals surface area contributed by atoms with E-state index in [1.807, 2.05) is 0 Å². The molecule has 1 aromatic carbocycles. The van der Waals surface area contributed by atoms with Crippen molar-refractivity contribution in [1.82, 2.24) is 19.7 Å². The van der Waals surface area contributed by atoms with Crippen LogP contribution in [0.15, 0.2) is 47.5 Å². The van der Waals surface area contributed by atoms with Crippen molar-refractivity contribution in [2.45, 2.75) is 18.8 Å². The number of aliphatic hydroxyl groups excluding tert-OH is 1. The summed E-state index contributed by atoms with van der Waals surface area (Å²) in [5.74, 6) is -0.143. The molecule has 0 bridgehead atoms. The molecule has 1 aliphatic rings. The molecule has 0 saturated heterocycles. The van der Waals surface area contributed by atoms with Gasteiger partial charge in [-0.2, -0.15) is 23.3 Å². The molecule has 1 N–H and O–H groups in total. The highest BCUT2D eigenvalue weighted by atomic mass is 32.1. The minimum Gasteiger partial charge on any atom is -0.387 e. The van der Waals surface area contributed by atoms with E-state index in [1.54, 1.807) is 23.1 Å². The van der Waals surface area contributed by atoms with E-state index < -0.39 is 23.0 Å². The standard InChI is InChI=1S/C19H15F4N5O2S/c20-12-3-1-11(2-4-12)14-5-6-27(10-15(14)29)16-8-25-28(18(30)26-16)9-13-7-24-17(31-13)19(21,22)23/h1-5,7-8,15,29H,6,9-10H2. The van der Waals surface area contributed by atoms with E-state index >= 15 is 0 Å². The first-order valence-electron chi connectivity index (χ1n) is 9.06. The zero-order chi connectivity index (χ0) is 22.2. The predicted octanol–water partition coefficient (Wildman–Crippen LogP) is 2.57. The van der Waals surface area contributed by atoms with Crippen LogP contribution in [0.2, 0.25) is 0 Å². The van der Waals surface area contributed by atoms with E-state index in [9.17, 15) is 27.5 Å². The van der Waals surface area contributed by atoms with Crippen LogP contribution in [0.1, 0.15) is 15.4 Å². The van der Waals surface area contributed by atoms with Gasteiger partial charge in [0.2, 0.25) is 0 Å². The number of alkyl halides is 3. The Labute approximate surface area is 176 Å². The first-order chi connectivity index (χ1) is 14.7. The van der Waals surface area contributed by atoms with Gasteiger partial charge in [0.15, 0.2) is 10.8 Å². The Balaban J connectivity index is 1.49. The van der Waals surface area contributed by atoms with Crippen LogP contribution in [0, 0.1) is 5.82 Å². The Kier molecular flexibility index (Phi) is 5.58. The fraction of sp³-hybridized carbons (Fsp3) is 0.263. The molecule has 3 aromatic rings. The average molecular weight is 453 g/mol. The van der Waals surface area contributed by atoms with E-state index in [-0.39, 0.29) is 29.6 Å². The second-order valence-electron chi connectivity index (χ2n) is 6.77. The molecule has 4 rings (SSSR count). The van der Waals surface area contributed by atoms with Gasteiger partial charge in [0.1, 0.15) is 5.82 Å². The molecule has 0 fully saturated rings. The average Bonchev–Trinajstić information content (AvgIpc) is 3.19. The lowest BCUT2D eigenvalue weighted by molar-refractivity contribution is -0.137. The molecule has 31 heavy (non-hydrogen) atoms. The molecule has 2 aromatic heterocycles. The number of nitrogens with zero attached hydrogens (tertiary/aromatic N) is 5. The van der Waals surface area contributed by atoms with Crippen molar-refractivity contribution < 1.29 is 22.7 Å². The molecule has 162 valence electrons. The summed E-state index contributed by atoms with van der Waals surface area (Å²) >= 11 is 0.437. The third-order valence-electron chi connectivity index (χ3n) is 4.63. The quantitative estimate of drug-likeness (QED) is 0.612. The number of β-amino-alcohol motifs (C(OH)–C–C–N with tert-alkyl or cyclic N) is 1. The molecule has 1 atom stereocenters. The maximum absolute atomic E-state index is 13.1. The molecule has 1 aliphatic heterocycles. The summed E-state index contributed by atoms with van der Waals surface area (Å²) < 4.78 is 52.1. The lowest BCUT2D eigenvalue weighted by Gasteiger charge is -2.31. The van der Waals surface area contributed by atoms with Gasteiger partial charge in [-0.1, -0.05) is 18.2 Å². The Morgan fingerprint density at radius 2 is 1.94 bits per heavy atom. The number of benzene rings is 1. The van der Waals surface area contributed by atoms with Crippen molar-refractivity contribution in [3.8, 4) is 0 Å². The monoisotopic (exact) mass is 453 g/mol. The SMILES string of the molecule is O=c1nc(N2CC=C(c3ccc(F)cc3)C(O)C2)cnn1Cc1cnc(C(F)(F)F)s1. The fourth-order valence-electron chi connectivity index (χ4n) is 3.14. The van der Waals surface area contributed by atoms with Gasteiger partial charge in [0.05, 0.1) is 18.8 Å². The number of hydrogen-bond acceptors (Lipinski definition) is 7. The van der Waals surface area contributed by atoms with Gasteiger partial charge >= 0.3 is 11.9 Å². The highest BCUT2D eigenvalue weighted by molar-refractivity contribution is 7.11. The van der Waals surface area contributed by atoms with E-state index in [2.05, 4.69) is 15.1 Å². The van der Waals surface area contributed by atoms with Crippen LogP contribution in [-0.2, 0) is 12.7 Å². The zero-order valence-electron chi connectivity index (χ0n) is 15.8. The third-order valence-corrected chi connectivity index (χ3v) is 5.66. The first-order valence-corrected chi connectivity index (χ1v) is 9.87. The Bertz CT molecular complexity index is 1170. The summed E-state index contributed by atoms with van der Waals surface area (Å²) in [7, 11) is 0. The summed E-state index contributed by atoms with van der Waals surface area (Å²) in [6, 6.07) is 5.76. The van der Waals surface area contributed by atoms with Crippen LogP contribution in [0.25, 0.3) is 5.57 Å². The van der Waals surface area contributed by atoms with Crippen LogP contribution < -0.4 is 10.6 Å². The minimum absolute atomic E-state index is 0.144. The van der Waals surface area contributed by atoms with E-state index in [1.165, 1.54) is 18.3 Å². The summed E-state index contributed by atoms with van der Waals surface area (Å²) in [4.78, 5) is 21.4. The Morgan fingerprint density at radius 3 is 2.55 bits per heavy atom. The fourth-order valence-corrected chi connectivity index (χ4v) is 3.90. The smallest absolute Gasteiger partial charge is 0.387 e. The molecular weight excluding hydrogens is 438 g/mol. The predicted molar refractivity (Wildman–Crippen MR) is 105 cm³/mol. The minimum atomic E-state index is -4.54. The second-order valence-corrected chi connectivity index (χ2v) is 7.89. The molecule has 0 amide bonds. The van der Waals surface area contributed by atoms with Gasteiger partial charge < -0.3 is 10.0 Å². The third kappa shape index (κ3) is 4.64. The van der Waals surface area contributed by atoms with Crippen LogP contribution in [0.5, 0.6) is 0 Å². The molecule has 0 radical (unpaired) electrons. The van der Waals surface area contributed by atoms with Gasteiger partial charge in [0.25, 0.3) is 0 Å². The van der Waals surface area contributed by atoms with E-state index in [4.69, 9.17) is 0 Å². The van der Waals surface area contributed by atoms with Crippen molar-refractivity contribution >= 4 is 22.7 Å². The van der Waals surface area contributed by atoms with Crippen molar-refractivity contribution in [3.05, 3.63) is 74.5 Å². The number of anilines is 1. The van der Waals surface area contributed by atoms with Gasteiger partial charge in [-0.3, -0.25) is 0 Å². The van der Waals surface area contributed by atoms with Gasteiger partial charge in [-0.25, -0.2) is 18.9 Å². The van der Waals surface area contributed by atoms with E-state index in [0.29, 0.717) is 29.0 Å². The largest absolute Gasteiger partial charge is 0.443 e. The maximum Gasteiger partial charge on any atom is 0.443 e. The van der Waals surface area contributed by atoms with Crippen LogP contribution >= 0.6 is 11.3 Å². The molecule has 12 heteroatoms. The highest BCUT2D eigenvalue weighted by Gasteiger charge is 2.34. The number of aliphatic hydroxyl groups is 1. The molecular formula is C19H15F4N5O2S. The molecule has 0 aliphatic carbocycles. The van der Waals surface area contributed by atoms with Crippen LogP contribution in [0.3, 0.4) is 0 Å². The van der Waals surface area contributed by atoms with Gasteiger partial charge in [0, 0.05) is 24.2 Å². The topological polar surface area (TPSA) is 84.1 Å². The first kappa shape index (κ1) is 21.1. The number of hydrogen-bond donors (Lipinski definition) is 1. The number of aromatic nitrogens is 4. The molecule has 7 nitrogen and oxygen atoms in total. The molecule has 1 unspecified atom stereocenters. The Hall–Kier alpha value is -3.12. The number of rotatable bonds is 4. The lowest BCUT2D eigenvalue weighted by Crippen LogP contribution is -2.39. The molecule has 0 saturated carbocycles. The Morgan fingerprint density at radius 1 is 1.19 bits per heavy atom. The van der Waals surface area contributed by atoms with Crippen molar-refractivity contribution in [1.29, 1.82) is 0 Å². The van der Waals surface area contributed by atoms with Gasteiger partial charge in [-0.15, -0.1) is 11.3 Å². The highest BCUT2D eigenvalue weighted by Crippen LogP contribution is 2.32. The summed E-state index contributed by atoms with van der Waals surface area (Å²) in [6.07, 6.45) is -1.31. The van der Waals surface area contributed by atoms with Crippen molar-refractivity contribution in [2.24, 2.45) is 0 Å². The second kappa shape index (κ2) is 8.19. The summed E-state index contributed by atoms with van der Waals surface area (Å²) in [5, 5.41) is 13.5. The number of thiazole rings is 1. The molecule has 0 spiro atoms. The summed E-state index contributed by atoms with van der Waals surface area (Å²) in [5.41, 5.74) is 0.600. The molecule has 3 heterocycles. The van der Waals surface area contributed by atoms with Gasteiger partial charge in [-0.05, 0) is 23.3 Å². The normalized spacial score (nSPS) is 17.0. The van der Waals surface area contributed by atoms with Crippen LogP contribution in [0.4, 0.5) is 23.4 Å². The lowest BCUT2D eigenvalue weighted by atomic mass is 9.97.